The molecule has 0 saturated heterocycles. The van der Waals surface area contributed by atoms with E-state index in [2.05, 4.69) is 5.32 Å². The van der Waals surface area contributed by atoms with Gasteiger partial charge in [-0.15, -0.1) is 0 Å². The van der Waals surface area contributed by atoms with Crippen LogP contribution in [0.3, 0.4) is 0 Å². The van der Waals surface area contributed by atoms with Crippen molar-refractivity contribution < 1.29 is 24.4 Å². The topological polar surface area (TPSA) is 143 Å². The van der Waals surface area contributed by atoms with Gasteiger partial charge < -0.3 is 15.2 Å². The van der Waals surface area contributed by atoms with Crippen molar-refractivity contribution in [2.75, 3.05) is 11.9 Å². The number of hydrogen-bond donors (Lipinski definition) is 2. The summed E-state index contributed by atoms with van der Waals surface area (Å²) in [6.45, 7) is 1.64. The van der Waals surface area contributed by atoms with Crippen molar-refractivity contribution in [3.63, 3.8) is 0 Å². The average molecular weight is 381 g/mol. The summed E-state index contributed by atoms with van der Waals surface area (Å²) < 4.78 is 4.71. The highest BCUT2D eigenvalue weighted by atomic mass is 16.6. The van der Waals surface area contributed by atoms with E-state index in [0.717, 1.165) is 0 Å². The van der Waals surface area contributed by atoms with Gasteiger partial charge in [-0.25, -0.2) is 4.79 Å². The van der Waals surface area contributed by atoms with Gasteiger partial charge in [0, 0.05) is 28.9 Å². The molecule has 0 aliphatic rings. The zero-order valence-electron chi connectivity index (χ0n) is 14.7. The number of aliphatic hydroxyl groups excluding tert-OH is 1. The van der Waals surface area contributed by atoms with E-state index in [0.29, 0.717) is 5.69 Å². The molecule has 0 saturated carbocycles. The molecule has 0 fully saturated rings. The number of nitro groups is 1. The fourth-order valence-corrected chi connectivity index (χ4v) is 2.19. The number of carbonyl (C=O) groups is 2. The minimum absolute atomic E-state index is 0.0604. The van der Waals surface area contributed by atoms with E-state index in [1.54, 1.807) is 13.0 Å². The van der Waals surface area contributed by atoms with E-state index in [9.17, 15) is 24.8 Å². The SMILES string of the molecule is CCOC(=O)C(C#N)=C(O)c1ccc(NC(=O)c2ccc([N+](=O)[O-])cc2)cc1. The van der Waals surface area contributed by atoms with Gasteiger partial charge in [0.2, 0.25) is 0 Å². The lowest BCUT2D eigenvalue weighted by Gasteiger charge is -2.08. The quantitative estimate of drug-likeness (QED) is 0.195. The Hall–Kier alpha value is -4.19. The Kier molecular flexibility index (Phi) is 6.44. The number of nitro benzene ring substituents is 1. The molecule has 0 unspecified atom stereocenters. The third-order valence-corrected chi connectivity index (χ3v) is 3.58. The van der Waals surface area contributed by atoms with Crippen molar-refractivity contribution in [1.29, 1.82) is 5.26 Å². The molecule has 0 atom stereocenters. The Morgan fingerprint density at radius 1 is 1.14 bits per heavy atom. The summed E-state index contributed by atoms with van der Waals surface area (Å²) in [6, 6.07) is 12.5. The van der Waals surface area contributed by atoms with Crippen LogP contribution in [0.4, 0.5) is 11.4 Å². The predicted molar refractivity (Wildman–Crippen MR) is 99.3 cm³/mol. The van der Waals surface area contributed by atoms with Crippen molar-refractivity contribution in [3.05, 3.63) is 75.3 Å². The number of non-ortho nitro benzene ring substituents is 1. The Bertz CT molecular complexity index is 972. The number of benzene rings is 2. The number of nitriles is 1. The molecule has 2 aromatic carbocycles. The Morgan fingerprint density at radius 2 is 1.71 bits per heavy atom. The molecule has 142 valence electrons. The van der Waals surface area contributed by atoms with Crippen LogP contribution in [0, 0.1) is 21.4 Å². The molecule has 2 N–H and O–H groups in total. The number of rotatable bonds is 6. The summed E-state index contributed by atoms with van der Waals surface area (Å²) in [7, 11) is 0. The molecule has 9 nitrogen and oxygen atoms in total. The van der Waals surface area contributed by atoms with Crippen LogP contribution in [0.1, 0.15) is 22.8 Å². The number of anilines is 1. The van der Waals surface area contributed by atoms with Gasteiger partial charge in [-0.2, -0.15) is 5.26 Å². The van der Waals surface area contributed by atoms with E-state index >= 15 is 0 Å². The van der Waals surface area contributed by atoms with Gasteiger partial charge in [-0.05, 0) is 43.3 Å². The fraction of sp³-hybridized carbons (Fsp3) is 0.105. The van der Waals surface area contributed by atoms with E-state index in [1.165, 1.54) is 48.5 Å². The molecule has 0 aliphatic heterocycles. The van der Waals surface area contributed by atoms with Gasteiger partial charge in [-0.1, -0.05) is 0 Å². The number of amides is 1. The van der Waals surface area contributed by atoms with Crippen LogP contribution >= 0.6 is 0 Å². The third-order valence-electron chi connectivity index (χ3n) is 3.58. The summed E-state index contributed by atoms with van der Waals surface area (Å²) in [6.07, 6.45) is 0. The van der Waals surface area contributed by atoms with Crippen LogP contribution in [0.25, 0.3) is 5.76 Å². The second-order valence-electron chi connectivity index (χ2n) is 5.39. The molecule has 0 heterocycles. The lowest BCUT2D eigenvalue weighted by molar-refractivity contribution is -0.384. The number of carbonyl (C=O) groups excluding carboxylic acids is 2. The molecule has 0 bridgehead atoms. The molecule has 0 aliphatic carbocycles. The smallest absolute Gasteiger partial charge is 0.352 e. The van der Waals surface area contributed by atoms with E-state index in [4.69, 9.17) is 10.00 Å². The minimum Gasteiger partial charge on any atom is -0.506 e. The Morgan fingerprint density at radius 3 is 2.21 bits per heavy atom. The van der Waals surface area contributed by atoms with Gasteiger partial charge in [0.25, 0.3) is 11.6 Å². The standard InChI is InChI=1S/C19H15N3O6/c1-2-28-19(25)16(11-20)17(23)12-3-7-14(8-4-12)21-18(24)13-5-9-15(10-6-13)22(26)27/h3-10,23H,2H2,1H3,(H,21,24). The maximum Gasteiger partial charge on any atom is 0.352 e. The van der Waals surface area contributed by atoms with Crippen molar-refractivity contribution in [3.8, 4) is 6.07 Å². The number of aliphatic hydroxyl groups is 1. The summed E-state index contributed by atoms with van der Waals surface area (Å²) >= 11 is 0. The summed E-state index contributed by atoms with van der Waals surface area (Å²) in [4.78, 5) is 33.9. The first-order valence-electron chi connectivity index (χ1n) is 8.04. The first-order valence-corrected chi connectivity index (χ1v) is 8.04. The highest BCUT2D eigenvalue weighted by molar-refractivity contribution is 6.04. The molecule has 0 radical (unpaired) electrons. The second-order valence-corrected chi connectivity index (χ2v) is 5.39. The normalized spacial score (nSPS) is 11.0. The second kappa shape index (κ2) is 8.95. The van der Waals surface area contributed by atoms with Crippen LogP contribution in [0.2, 0.25) is 0 Å². The number of nitrogens with zero attached hydrogens (tertiary/aromatic N) is 2. The van der Waals surface area contributed by atoms with Gasteiger partial charge in [0.15, 0.2) is 5.57 Å². The lowest BCUT2D eigenvalue weighted by atomic mass is 10.1. The maximum absolute atomic E-state index is 12.2. The van der Waals surface area contributed by atoms with Crippen molar-refractivity contribution >= 4 is 29.0 Å². The predicted octanol–water partition coefficient (Wildman–Crippen LogP) is 3.20. The Balaban J connectivity index is 2.16. The van der Waals surface area contributed by atoms with Crippen LogP contribution < -0.4 is 5.32 Å². The zero-order valence-corrected chi connectivity index (χ0v) is 14.7. The van der Waals surface area contributed by atoms with Crippen LogP contribution in [-0.4, -0.2) is 28.5 Å². The van der Waals surface area contributed by atoms with E-state index in [-0.39, 0.29) is 23.4 Å². The molecule has 1 amide bonds. The monoisotopic (exact) mass is 381 g/mol. The van der Waals surface area contributed by atoms with Crippen LogP contribution in [0.15, 0.2) is 54.1 Å². The summed E-state index contributed by atoms with van der Waals surface area (Å²) in [5.41, 5.74) is 0.154. The molecule has 0 spiro atoms. The van der Waals surface area contributed by atoms with Gasteiger partial charge >= 0.3 is 5.97 Å². The number of nitrogens with one attached hydrogen (secondary N) is 1. The largest absolute Gasteiger partial charge is 0.506 e. The average Bonchev–Trinajstić information content (AvgIpc) is 2.69. The molecular formula is C19H15N3O6. The molecule has 2 aromatic rings. The van der Waals surface area contributed by atoms with E-state index in [1.807, 2.05) is 0 Å². The molecule has 9 heteroatoms. The molecule has 0 aromatic heterocycles. The highest BCUT2D eigenvalue weighted by Gasteiger charge is 2.18. The molecule has 2 rings (SSSR count). The number of ether oxygens (including phenoxy) is 1. The van der Waals surface area contributed by atoms with Crippen molar-refractivity contribution in [2.45, 2.75) is 6.92 Å². The van der Waals surface area contributed by atoms with Crippen LogP contribution in [0.5, 0.6) is 0 Å². The minimum atomic E-state index is -0.932. The fourth-order valence-electron chi connectivity index (χ4n) is 2.19. The first kappa shape index (κ1) is 20.1. The summed E-state index contributed by atoms with van der Waals surface area (Å²) in [5, 5.41) is 32.4. The summed E-state index contributed by atoms with van der Waals surface area (Å²) in [5.74, 6) is -1.95. The lowest BCUT2D eigenvalue weighted by Crippen LogP contribution is -2.12. The highest BCUT2D eigenvalue weighted by Crippen LogP contribution is 2.20. The van der Waals surface area contributed by atoms with Gasteiger partial charge in [0.05, 0.1) is 11.5 Å². The zero-order chi connectivity index (χ0) is 20.7. The Labute approximate surface area is 159 Å². The van der Waals surface area contributed by atoms with Crippen molar-refractivity contribution in [1.82, 2.24) is 0 Å². The van der Waals surface area contributed by atoms with Gasteiger partial charge in [0.1, 0.15) is 11.8 Å². The molecular weight excluding hydrogens is 366 g/mol. The number of hydrogen-bond acceptors (Lipinski definition) is 7. The van der Waals surface area contributed by atoms with Gasteiger partial charge in [-0.3, -0.25) is 14.9 Å². The number of esters is 1. The molecule has 28 heavy (non-hydrogen) atoms. The van der Waals surface area contributed by atoms with Crippen molar-refractivity contribution in [2.24, 2.45) is 0 Å². The maximum atomic E-state index is 12.2. The first-order chi connectivity index (χ1) is 13.4. The third kappa shape index (κ3) is 4.70. The van der Waals surface area contributed by atoms with Crippen LogP contribution in [-0.2, 0) is 9.53 Å². The van der Waals surface area contributed by atoms with E-state index < -0.39 is 28.1 Å².